The first-order valence-electron chi connectivity index (χ1n) is 12.7. The van der Waals surface area contributed by atoms with Gasteiger partial charge in [0.1, 0.15) is 5.65 Å². The van der Waals surface area contributed by atoms with E-state index in [0.717, 1.165) is 37.1 Å². The number of hydrogen-bond donors (Lipinski definition) is 0. The summed E-state index contributed by atoms with van der Waals surface area (Å²) in [6.45, 7) is 8.94. The van der Waals surface area contributed by atoms with Gasteiger partial charge in [0.2, 0.25) is 5.95 Å². The maximum atomic E-state index is 15.6. The Morgan fingerprint density at radius 1 is 0.943 bits per heavy atom. The zero-order valence-corrected chi connectivity index (χ0v) is 21.6. The maximum absolute atomic E-state index is 15.6. The molecule has 188 valence electrons. The van der Waals surface area contributed by atoms with Gasteiger partial charge in [0.25, 0.3) is 0 Å². The van der Waals surface area contributed by atoms with Crippen molar-refractivity contribution in [1.29, 1.82) is 0 Å². The molecule has 0 aliphatic carbocycles. The third-order valence-electron chi connectivity index (χ3n) is 7.89. The SMILES string of the molecule is CC(C)N1CCC(N2CCC(c3ccc4nc(-c5ccc(S(C)(=O)=O)cc5)cn4c3F)CC2)CC1. The van der Waals surface area contributed by atoms with Gasteiger partial charge in [-0.3, -0.25) is 4.40 Å². The van der Waals surface area contributed by atoms with Crippen LogP contribution in [0.4, 0.5) is 4.39 Å². The molecule has 1 aromatic carbocycles. The Labute approximate surface area is 207 Å². The van der Waals surface area contributed by atoms with Crippen molar-refractivity contribution in [2.75, 3.05) is 32.4 Å². The Balaban J connectivity index is 1.28. The molecule has 2 aromatic heterocycles. The monoisotopic (exact) mass is 498 g/mol. The number of hydrogen-bond acceptors (Lipinski definition) is 5. The van der Waals surface area contributed by atoms with Crippen molar-refractivity contribution in [3.63, 3.8) is 0 Å². The molecule has 0 radical (unpaired) electrons. The number of aromatic nitrogens is 2. The first kappa shape index (κ1) is 24.4. The van der Waals surface area contributed by atoms with E-state index in [1.54, 1.807) is 30.5 Å². The largest absolute Gasteiger partial charge is 0.301 e. The van der Waals surface area contributed by atoms with Gasteiger partial charge >= 0.3 is 0 Å². The molecule has 0 bridgehead atoms. The Bertz CT molecular complexity index is 1290. The predicted octanol–water partition coefficient (Wildman–Crippen LogP) is 4.60. The molecule has 3 aromatic rings. The lowest BCUT2D eigenvalue weighted by Crippen LogP contribution is -2.48. The van der Waals surface area contributed by atoms with Gasteiger partial charge in [-0.05, 0) is 89.8 Å². The van der Waals surface area contributed by atoms with Crippen LogP contribution in [0.2, 0.25) is 0 Å². The van der Waals surface area contributed by atoms with Gasteiger partial charge in [-0.1, -0.05) is 18.2 Å². The molecule has 0 amide bonds. The summed E-state index contributed by atoms with van der Waals surface area (Å²) >= 11 is 0. The van der Waals surface area contributed by atoms with E-state index in [9.17, 15) is 8.42 Å². The van der Waals surface area contributed by atoms with E-state index in [1.165, 1.54) is 36.6 Å². The van der Waals surface area contributed by atoms with Crippen LogP contribution in [0.3, 0.4) is 0 Å². The molecule has 35 heavy (non-hydrogen) atoms. The summed E-state index contributed by atoms with van der Waals surface area (Å²) < 4.78 is 40.6. The normalized spacial score (nSPS) is 19.7. The first-order valence-corrected chi connectivity index (χ1v) is 14.6. The van der Waals surface area contributed by atoms with Crippen LogP contribution >= 0.6 is 0 Å². The van der Waals surface area contributed by atoms with Crippen molar-refractivity contribution < 1.29 is 12.8 Å². The average Bonchev–Trinajstić information content (AvgIpc) is 3.30. The lowest BCUT2D eigenvalue weighted by atomic mass is 9.88. The Morgan fingerprint density at radius 2 is 1.60 bits per heavy atom. The molecule has 2 aliphatic rings. The van der Waals surface area contributed by atoms with Crippen molar-refractivity contribution in [2.45, 2.75) is 62.4 Å². The van der Waals surface area contributed by atoms with Crippen LogP contribution in [0, 0.1) is 5.95 Å². The number of imidazole rings is 1. The zero-order chi connectivity index (χ0) is 24.7. The van der Waals surface area contributed by atoms with Crippen LogP contribution in [0.5, 0.6) is 0 Å². The number of piperidine rings is 2. The van der Waals surface area contributed by atoms with Gasteiger partial charge in [-0.2, -0.15) is 4.39 Å². The summed E-state index contributed by atoms with van der Waals surface area (Å²) in [5, 5.41) is 0. The number of benzene rings is 1. The third kappa shape index (κ3) is 5.01. The number of likely N-dealkylation sites (tertiary alicyclic amines) is 2. The number of sulfone groups is 1. The van der Waals surface area contributed by atoms with Crippen molar-refractivity contribution in [1.82, 2.24) is 19.2 Å². The molecule has 2 aliphatic heterocycles. The number of fused-ring (bicyclic) bond motifs is 1. The number of rotatable bonds is 5. The average molecular weight is 499 g/mol. The van der Waals surface area contributed by atoms with Crippen molar-refractivity contribution in [3.8, 4) is 11.3 Å². The fourth-order valence-electron chi connectivity index (χ4n) is 5.70. The summed E-state index contributed by atoms with van der Waals surface area (Å²) in [6, 6.07) is 11.6. The van der Waals surface area contributed by atoms with Crippen LogP contribution in [0.1, 0.15) is 51.0 Å². The quantitative estimate of drug-likeness (QED) is 0.482. The Hall–Kier alpha value is -2.29. The molecule has 0 saturated carbocycles. The summed E-state index contributed by atoms with van der Waals surface area (Å²) in [5.41, 5.74) is 2.72. The van der Waals surface area contributed by atoms with E-state index >= 15 is 4.39 Å². The smallest absolute Gasteiger partial charge is 0.202 e. The fourth-order valence-corrected chi connectivity index (χ4v) is 6.33. The minimum absolute atomic E-state index is 0.214. The van der Waals surface area contributed by atoms with E-state index in [-0.39, 0.29) is 16.8 Å². The molecule has 6 nitrogen and oxygen atoms in total. The van der Waals surface area contributed by atoms with E-state index in [1.807, 2.05) is 12.1 Å². The summed E-state index contributed by atoms with van der Waals surface area (Å²) in [4.78, 5) is 10.0. The maximum Gasteiger partial charge on any atom is 0.202 e. The highest BCUT2D eigenvalue weighted by Gasteiger charge is 2.30. The fraction of sp³-hybridized carbons (Fsp3) is 0.519. The molecule has 0 unspecified atom stereocenters. The van der Waals surface area contributed by atoms with Gasteiger partial charge in [-0.25, -0.2) is 13.4 Å². The van der Waals surface area contributed by atoms with Gasteiger partial charge in [0.15, 0.2) is 9.84 Å². The van der Waals surface area contributed by atoms with E-state index in [2.05, 4.69) is 28.6 Å². The topological polar surface area (TPSA) is 57.9 Å². The number of halogens is 1. The molecule has 4 heterocycles. The highest BCUT2D eigenvalue weighted by atomic mass is 32.2. The van der Waals surface area contributed by atoms with Gasteiger partial charge in [0.05, 0.1) is 10.6 Å². The van der Waals surface area contributed by atoms with Crippen LogP contribution in [-0.4, -0.2) is 72.1 Å². The predicted molar refractivity (Wildman–Crippen MR) is 137 cm³/mol. The molecule has 8 heteroatoms. The van der Waals surface area contributed by atoms with Crippen LogP contribution in [0.25, 0.3) is 16.9 Å². The van der Waals surface area contributed by atoms with E-state index in [0.29, 0.717) is 23.4 Å². The molecule has 0 N–H and O–H groups in total. The third-order valence-corrected chi connectivity index (χ3v) is 9.02. The molecular weight excluding hydrogens is 463 g/mol. The second kappa shape index (κ2) is 9.64. The van der Waals surface area contributed by atoms with E-state index in [4.69, 9.17) is 0 Å². The highest BCUT2D eigenvalue weighted by molar-refractivity contribution is 7.90. The molecule has 2 fully saturated rings. The highest BCUT2D eigenvalue weighted by Crippen LogP contribution is 2.33. The Kier molecular flexibility index (Phi) is 6.72. The van der Waals surface area contributed by atoms with Crippen LogP contribution in [0.15, 0.2) is 47.5 Å². The van der Waals surface area contributed by atoms with Crippen molar-refractivity contribution in [2.24, 2.45) is 0 Å². The summed E-state index contributed by atoms with van der Waals surface area (Å²) in [6.07, 6.45) is 7.30. The molecule has 0 atom stereocenters. The summed E-state index contributed by atoms with van der Waals surface area (Å²) in [7, 11) is -3.26. The Morgan fingerprint density at radius 3 is 2.20 bits per heavy atom. The number of pyridine rings is 1. The lowest BCUT2D eigenvalue weighted by molar-refractivity contribution is 0.0750. The van der Waals surface area contributed by atoms with Crippen molar-refractivity contribution >= 4 is 15.5 Å². The second-order valence-electron chi connectivity index (χ2n) is 10.4. The minimum atomic E-state index is -3.26. The first-order chi connectivity index (χ1) is 16.7. The minimum Gasteiger partial charge on any atom is -0.301 e. The molecular formula is C27H35FN4O2S. The van der Waals surface area contributed by atoms with Crippen LogP contribution < -0.4 is 0 Å². The van der Waals surface area contributed by atoms with Gasteiger partial charge in [-0.15, -0.1) is 0 Å². The second-order valence-corrected chi connectivity index (χ2v) is 12.4. The van der Waals surface area contributed by atoms with Crippen LogP contribution in [-0.2, 0) is 9.84 Å². The van der Waals surface area contributed by atoms with Gasteiger partial charge in [0, 0.05) is 35.7 Å². The molecule has 0 spiro atoms. The summed E-state index contributed by atoms with van der Waals surface area (Å²) in [5.74, 6) is -0.0241. The standard InChI is InChI=1S/C27H35FN4O2S/c1-19(2)30-16-12-22(13-17-30)31-14-10-20(11-15-31)24-8-9-26-29-25(18-32(26)27(24)28)21-4-6-23(7-5-21)35(3,33)34/h4-9,18-20,22H,10-17H2,1-3H3. The number of nitrogens with zero attached hydrogens (tertiary/aromatic N) is 4. The lowest BCUT2D eigenvalue weighted by Gasteiger charge is -2.42. The van der Waals surface area contributed by atoms with E-state index < -0.39 is 9.84 Å². The molecule has 2 saturated heterocycles. The zero-order valence-electron chi connectivity index (χ0n) is 20.8. The molecule has 5 rings (SSSR count). The van der Waals surface area contributed by atoms with Crippen molar-refractivity contribution in [3.05, 3.63) is 54.1 Å². The van der Waals surface area contributed by atoms with Gasteiger partial charge < -0.3 is 9.80 Å².